The highest BCUT2D eigenvalue weighted by atomic mass is 35.5. The summed E-state index contributed by atoms with van der Waals surface area (Å²) in [6.07, 6.45) is 13.8. The van der Waals surface area contributed by atoms with Crippen LogP contribution < -0.4 is 32.7 Å². The van der Waals surface area contributed by atoms with Crippen molar-refractivity contribution in [2.75, 3.05) is 115 Å². The molecule has 4 amide bonds. The number of nitrogens with one attached hydrogen (secondary N) is 4. The van der Waals surface area contributed by atoms with Crippen LogP contribution in [0.4, 0.5) is 11.6 Å². The molecule has 0 radical (unpaired) electrons. The third kappa shape index (κ3) is 22.2. The number of carbonyl (C=O) groups is 4. The maximum atomic E-state index is 12.8. The second kappa shape index (κ2) is 39.7. The number of nitrogens with zero attached hydrogens (tertiary/aromatic N) is 6. The van der Waals surface area contributed by atoms with Crippen molar-refractivity contribution in [3.05, 3.63) is 71.6 Å². The highest BCUT2D eigenvalue weighted by Gasteiger charge is 2.37. The number of halogens is 2. The third-order valence-corrected chi connectivity index (χ3v) is 16.4. The Labute approximate surface area is 545 Å². The minimum atomic E-state index is -0.818. The van der Waals surface area contributed by atoms with E-state index >= 15 is 0 Å². The number of ether oxygens (including phenoxy) is 6. The third-order valence-electron chi connectivity index (χ3n) is 15.8. The summed E-state index contributed by atoms with van der Waals surface area (Å²) < 4.78 is 37.1. The van der Waals surface area contributed by atoms with Crippen LogP contribution in [0.25, 0.3) is 22.1 Å². The molecule has 4 aromatic heterocycles. The number of alkyl halides is 2. The first-order valence-electron chi connectivity index (χ1n) is 31.6. The molecule has 0 bridgehead atoms. The molecule has 1 aromatic carbocycles. The topological polar surface area (TPSA) is 366 Å². The summed E-state index contributed by atoms with van der Waals surface area (Å²) in [6, 6.07) is 6.31. The second-order valence-electron chi connectivity index (χ2n) is 22.4. The Bertz CT molecular complexity index is 3240. The predicted molar refractivity (Wildman–Crippen MR) is 345 cm³/mol. The summed E-state index contributed by atoms with van der Waals surface area (Å²) >= 11 is 11.3. The minimum absolute atomic E-state index is 0.00771. The second-order valence-corrected chi connectivity index (χ2v) is 23.1. The van der Waals surface area contributed by atoms with Gasteiger partial charge in [-0.15, -0.1) is 23.2 Å². The molecule has 6 heterocycles. The molecule has 6 atom stereocenters. The van der Waals surface area contributed by atoms with Crippen LogP contribution in [0.2, 0.25) is 0 Å². The fourth-order valence-electron chi connectivity index (χ4n) is 10.8. The van der Waals surface area contributed by atoms with Crippen LogP contribution in [-0.2, 0) is 38.0 Å². The highest BCUT2D eigenvalue weighted by molar-refractivity contribution is 6.18. The lowest BCUT2D eigenvalue weighted by Crippen LogP contribution is -2.38. The minimum Gasteiger partial charge on any atom is -0.394 e. The number of unbranched alkanes of at least 4 members (excludes halogenated alkanes) is 6. The predicted octanol–water partition coefficient (Wildman–Crippen LogP) is 3.87. The lowest BCUT2D eigenvalue weighted by Gasteiger charge is -2.26. The van der Waals surface area contributed by atoms with E-state index in [1.165, 1.54) is 12.7 Å². The standard InChI is InChI=1S/C32H47ClN6O7.C32H41ClN6O7/c2*33-11-3-1-2-4-14-44-16-17-45-15-13-36-32(43)23-9-7-22(8-10-23)31(42)35-12-5-6-24-19-39(27-18-25(41)26(20-40)46-27)30-28(24)29(34)37-21-38-30/h19,21-23,25-27,40-41H,1-4,7-18,20H2,(H,35,42)(H,36,43)(H2,34,37,38);7-10,19,21,25-27,40-41H,1-4,11-18,20H2,(H,35,42)(H,36,43)(H2,34,37,38)/t22?,23?,25?,26-,27-;25?,26-,27-/m11/s1. The summed E-state index contributed by atoms with van der Waals surface area (Å²) in [4.78, 5) is 67.3. The van der Waals surface area contributed by atoms with Gasteiger partial charge in [0.05, 0.1) is 100 Å². The number of carbonyl (C=O) groups excluding carboxylic acids is 4. The van der Waals surface area contributed by atoms with Crippen LogP contribution in [-0.4, -0.2) is 202 Å². The molecular weight excluding hydrogens is 1230 g/mol. The van der Waals surface area contributed by atoms with Crippen molar-refractivity contribution in [2.45, 2.75) is 127 Å². The van der Waals surface area contributed by atoms with E-state index in [1.807, 2.05) is 0 Å². The van der Waals surface area contributed by atoms with Crippen LogP contribution >= 0.6 is 23.2 Å². The molecule has 28 heteroatoms. The van der Waals surface area contributed by atoms with Crippen molar-refractivity contribution in [1.82, 2.24) is 50.3 Å². The van der Waals surface area contributed by atoms with Crippen LogP contribution in [0, 0.1) is 35.5 Å². The molecule has 2 saturated heterocycles. The van der Waals surface area contributed by atoms with Crippen molar-refractivity contribution in [1.29, 1.82) is 0 Å². The first-order chi connectivity index (χ1) is 44.8. The largest absolute Gasteiger partial charge is 0.394 e. The lowest BCUT2D eigenvalue weighted by atomic mass is 9.81. The molecule has 5 aromatic rings. The molecule has 2 unspecified atom stereocenters. The lowest BCUT2D eigenvalue weighted by molar-refractivity contribution is -0.130. The summed E-state index contributed by atoms with van der Waals surface area (Å²) in [5.74, 6) is 12.9. The van der Waals surface area contributed by atoms with Crippen molar-refractivity contribution in [2.24, 2.45) is 11.8 Å². The maximum Gasteiger partial charge on any atom is 0.252 e. The van der Waals surface area contributed by atoms with E-state index in [9.17, 15) is 39.6 Å². The van der Waals surface area contributed by atoms with Gasteiger partial charge < -0.3 is 90.7 Å². The number of benzene rings is 1. The Morgan fingerprint density at radius 3 is 1.38 bits per heavy atom. The van der Waals surface area contributed by atoms with Crippen LogP contribution in [0.1, 0.15) is 134 Å². The summed E-state index contributed by atoms with van der Waals surface area (Å²) in [5.41, 5.74) is 15.2. The number of rotatable bonds is 34. The van der Waals surface area contributed by atoms with Crippen molar-refractivity contribution in [3.8, 4) is 23.7 Å². The zero-order valence-corrected chi connectivity index (χ0v) is 53.4. The zero-order chi connectivity index (χ0) is 65.5. The molecular formula is C64H88Cl2N12O14. The van der Waals surface area contributed by atoms with Gasteiger partial charge in [0.2, 0.25) is 11.8 Å². The van der Waals surface area contributed by atoms with Crippen LogP contribution in [0.5, 0.6) is 0 Å². The van der Waals surface area contributed by atoms with Gasteiger partial charge >= 0.3 is 0 Å². The van der Waals surface area contributed by atoms with Gasteiger partial charge in [0.15, 0.2) is 0 Å². The summed E-state index contributed by atoms with van der Waals surface area (Å²) in [6.45, 7) is 4.66. The molecule has 26 nitrogen and oxygen atoms in total. The summed E-state index contributed by atoms with van der Waals surface area (Å²) in [7, 11) is 0. The number of hydrogen-bond acceptors (Lipinski definition) is 20. The average Bonchev–Trinajstić information content (AvgIpc) is 1.64. The molecule has 3 fully saturated rings. The Morgan fingerprint density at radius 1 is 0.543 bits per heavy atom. The van der Waals surface area contributed by atoms with E-state index in [2.05, 4.69) is 64.9 Å². The molecule has 0 spiro atoms. The number of aliphatic hydroxyl groups excluding tert-OH is 4. The SMILES string of the molecule is Nc1ncnc2c1c(C#CCNC(=O)C1CCC(C(=O)NCCOCCOCCCCCCCl)CC1)cn2[C@H]1CC(O)[C@@H](CO)O1.Nc1ncnc2c1c(C#CCNC(=O)c1ccc(C(=O)NCCOCCOCCCCCCCl)cc1)cn2[C@H]1CC(O)[C@@H](CO)O1. The van der Waals surface area contributed by atoms with Crippen molar-refractivity contribution in [3.63, 3.8) is 0 Å². The zero-order valence-electron chi connectivity index (χ0n) is 51.9. The first-order valence-corrected chi connectivity index (χ1v) is 32.7. The van der Waals surface area contributed by atoms with Gasteiger partial charge in [0.25, 0.3) is 11.8 Å². The number of anilines is 2. The Kier molecular flexibility index (Phi) is 31.4. The van der Waals surface area contributed by atoms with Gasteiger partial charge in [-0.05, 0) is 75.6 Å². The number of fused-ring (bicyclic) bond motifs is 2. The van der Waals surface area contributed by atoms with Crippen molar-refractivity contribution >= 4 is 80.5 Å². The monoisotopic (exact) mass is 1320 g/mol. The number of amides is 4. The smallest absolute Gasteiger partial charge is 0.252 e. The van der Waals surface area contributed by atoms with Gasteiger partial charge in [-0.1, -0.05) is 49.4 Å². The number of hydrogen-bond donors (Lipinski definition) is 10. The molecule has 502 valence electrons. The first kappa shape index (κ1) is 72.7. The molecule has 92 heavy (non-hydrogen) atoms. The van der Waals surface area contributed by atoms with E-state index in [-0.39, 0.29) is 86.2 Å². The van der Waals surface area contributed by atoms with Crippen LogP contribution in [0.3, 0.4) is 0 Å². The number of nitrogens with two attached hydrogens (primary N) is 2. The summed E-state index contributed by atoms with van der Waals surface area (Å²) in [5, 5.41) is 51.7. The Morgan fingerprint density at radius 2 is 0.946 bits per heavy atom. The quantitative estimate of drug-likeness (QED) is 0.0159. The highest BCUT2D eigenvalue weighted by Crippen LogP contribution is 2.36. The van der Waals surface area contributed by atoms with Gasteiger partial charge in [-0.3, -0.25) is 19.2 Å². The average molecular weight is 1320 g/mol. The maximum absolute atomic E-state index is 12.8. The van der Waals surface area contributed by atoms with Gasteiger partial charge in [-0.2, -0.15) is 0 Å². The van der Waals surface area contributed by atoms with Crippen LogP contribution in [0.15, 0.2) is 49.3 Å². The van der Waals surface area contributed by atoms with E-state index < -0.39 is 36.9 Å². The molecule has 1 aliphatic carbocycles. The van der Waals surface area contributed by atoms with E-state index in [0.717, 1.165) is 58.0 Å². The van der Waals surface area contributed by atoms with Gasteiger partial charge in [0.1, 0.15) is 60.2 Å². The molecule has 12 N–H and O–H groups in total. The Hall–Kier alpha value is -6.76. The van der Waals surface area contributed by atoms with E-state index in [4.69, 9.17) is 63.1 Å². The number of nitrogen functional groups attached to an aromatic ring is 2. The molecule has 8 rings (SSSR count). The number of aromatic nitrogens is 6. The van der Waals surface area contributed by atoms with Gasteiger partial charge in [-0.25, -0.2) is 19.9 Å². The molecule has 1 saturated carbocycles. The fourth-order valence-corrected chi connectivity index (χ4v) is 11.2. The van der Waals surface area contributed by atoms with E-state index in [0.29, 0.717) is 141 Å². The number of aliphatic hydroxyl groups is 4. The Balaban J connectivity index is 0.000000261. The van der Waals surface area contributed by atoms with Gasteiger partial charge in [0, 0.05) is 86.3 Å². The molecule has 3 aliphatic rings. The van der Waals surface area contributed by atoms with Crippen molar-refractivity contribution < 1.29 is 68.0 Å². The molecule has 2 aliphatic heterocycles. The fraction of sp³-hybridized carbons (Fsp3) is 0.594. The van der Waals surface area contributed by atoms with E-state index in [1.54, 1.807) is 45.8 Å². The normalized spacial score (nSPS) is 20.2.